The zero-order chi connectivity index (χ0) is 12.2. The number of nitrogens with one attached hydrogen (secondary N) is 2. The van der Waals surface area contributed by atoms with Crippen molar-refractivity contribution in [2.24, 2.45) is 10.8 Å². The van der Waals surface area contributed by atoms with E-state index in [0.29, 0.717) is 0 Å². The summed E-state index contributed by atoms with van der Waals surface area (Å²) in [5.74, 6) is 0.245. The van der Waals surface area contributed by atoms with E-state index in [1.54, 1.807) is 0 Å². The topological polar surface area (TPSA) is 41.1 Å². The highest BCUT2D eigenvalue weighted by atomic mass is 16.2. The number of hydrogen-bond acceptors (Lipinski definition) is 2. The van der Waals surface area contributed by atoms with E-state index in [2.05, 4.69) is 38.3 Å². The number of hydrogen-bond donors (Lipinski definition) is 2. The highest BCUT2D eigenvalue weighted by molar-refractivity contribution is 5.83. The predicted molar refractivity (Wildman–Crippen MR) is 67.3 cm³/mol. The van der Waals surface area contributed by atoms with E-state index < -0.39 is 0 Å². The minimum Gasteiger partial charge on any atom is -0.355 e. The minimum absolute atomic E-state index is 0.139. The fourth-order valence-corrected chi connectivity index (χ4v) is 2.28. The molecule has 0 aromatic carbocycles. The Morgan fingerprint density at radius 1 is 1.44 bits per heavy atom. The number of carbonyl (C=O) groups is 1. The Hall–Kier alpha value is -0.570. The van der Waals surface area contributed by atoms with Crippen LogP contribution in [-0.4, -0.2) is 25.5 Å². The van der Waals surface area contributed by atoms with Crippen molar-refractivity contribution in [2.45, 2.75) is 47.0 Å². The summed E-state index contributed by atoms with van der Waals surface area (Å²) in [7, 11) is 0. The van der Waals surface area contributed by atoms with Gasteiger partial charge in [0.05, 0.1) is 5.41 Å². The van der Waals surface area contributed by atoms with Crippen molar-refractivity contribution >= 4 is 5.91 Å². The zero-order valence-corrected chi connectivity index (χ0v) is 11.2. The summed E-state index contributed by atoms with van der Waals surface area (Å²) >= 11 is 0. The summed E-state index contributed by atoms with van der Waals surface area (Å²) < 4.78 is 0. The van der Waals surface area contributed by atoms with Crippen molar-refractivity contribution in [1.29, 1.82) is 0 Å². The first kappa shape index (κ1) is 13.5. The third-order valence-electron chi connectivity index (χ3n) is 3.23. The highest BCUT2D eigenvalue weighted by Gasteiger charge is 2.40. The second-order valence-corrected chi connectivity index (χ2v) is 6.20. The van der Waals surface area contributed by atoms with Crippen LogP contribution < -0.4 is 10.6 Å². The minimum atomic E-state index is -0.139. The lowest BCUT2D eigenvalue weighted by Gasteiger charge is -2.28. The van der Waals surface area contributed by atoms with Crippen molar-refractivity contribution in [1.82, 2.24) is 10.6 Å². The van der Waals surface area contributed by atoms with Crippen LogP contribution in [0.4, 0.5) is 0 Å². The fourth-order valence-electron chi connectivity index (χ4n) is 2.28. The Morgan fingerprint density at radius 2 is 2.12 bits per heavy atom. The van der Waals surface area contributed by atoms with Gasteiger partial charge in [-0.15, -0.1) is 0 Å². The fraction of sp³-hybridized carbons (Fsp3) is 0.923. The van der Waals surface area contributed by atoms with Gasteiger partial charge in [0.1, 0.15) is 0 Å². The monoisotopic (exact) mass is 226 g/mol. The van der Waals surface area contributed by atoms with Crippen LogP contribution in [0.1, 0.15) is 47.0 Å². The molecule has 94 valence electrons. The Labute approximate surface area is 99.4 Å². The van der Waals surface area contributed by atoms with Gasteiger partial charge in [-0.2, -0.15) is 0 Å². The normalized spacial score (nSPS) is 25.8. The maximum Gasteiger partial charge on any atom is 0.227 e. The van der Waals surface area contributed by atoms with Gasteiger partial charge in [0.25, 0.3) is 0 Å². The second kappa shape index (κ2) is 5.17. The number of rotatable bonds is 4. The van der Waals surface area contributed by atoms with Crippen LogP contribution in [0.2, 0.25) is 0 Å². The lowest BCUT2D eigenvalue weighted by Crippen LogP contribution is -2.45. The molecule has 1 unspecified atom stereocenters. The van der Waals surface area contributed by atoms with E-state index in [4.69, 9.17) is 0 Å². The molecule has 3 heteroatoms. The van der Waals surface area contributed by atoms with Crippen molar-refractivity contribution in [2.75, 3.05) is 19.6 Å². The maximum absolute atomic E-state index is 12.3. The van der Waals surface area contributed by atoms with Gasteiger partial charge in [-0.3, -0.25) is 4.79 Å². The summed E-state index contributed by atoms with van der Waals surface area (Å²) in [6, 6.07) is 0. The molecule has 1 atom stereocenters. The first-order chi connectivity index (χ1) is 7.40. The maximum atomic E-state index is 12.3. The Balaban J connectivity index is 2.55. The average molecular weight is 226 g/mol. The molecule has 0 aliphatic carbocycles. The smallest absolute Gasteiger partial charge is 0.227 e. The van der Waals surface area contributed by atoms with Gasteiger partial charge in [0.2, 0.25) is 5.91 Å². The van der Waals surface area contributed by atoms with Gasteiger partial charge in [0, 0.05) is 13.1 Å². The van der Waals surface area contributed by atoms with Crippen LogP contribution in [0.15, 0.2) is 0 Å². The van der Waals surface area contributed by atoms with Gasteiger partial charge < -0.3 is 10.6 Å². The first-order valence-electron chi connectivity index (χ1n) is 6.39. The molecule has 0 aromatic heterocycles. The third kappa shape index (κ3) is 3.48. The van der Waals surface area contributed by atoms with Crippen LogP contribution >= 0.6 is 0 Å². The molecular formula is C13H26N2O. The van der Waals surface area contributed by atoms with Crippen molar-refractivity contribution in [3.05, 3.63) is 0 Å². The Morgan fingerprint density at radius 3 is 2.56 bits per heavy atom. The van der Waals surface area contributed by atoms with E-state index in [1.807, 2.05) is 0 Å². The van der Waals surface area contributed by atoms with Gasteiger partial charge in [-0.25, -0.2) is 0 Å². The van der Waals surface area contributed by atoms with E-state index >= 15 is 0 Å². The molecule has 1 amide bonds. The first-order valence-corrected chi connectivity index (χ1v) is 6.39. The van der Waals surface area contributed by atoms with E-state index in [1.165, 1.54) is 0 Å². The lowest BCUT2D eigenvalue weighted by molar-refractivity contribution is -0.130. The molecule has 0 aromatic rings. The zero-order valence-electron chi connectivity index (χ0n) is 11.2. The standard InChI is InChI=1S/C13H26N2O/c1-5-6-13(7-8-14-10-13)11(16)15-9-12(2,3)4/h14H,5-10H2,1-4H3,(H,15,16). The summed E-state index contributed by atoms with van der Waals surface area (Å²) in [4.78, 5) is 12.3. The molecule has 0 bridgehead atoms. The molecule has 16 heavy (non-hydrogen) atoms. The highest BCUT2D eigenvalue weighted by Crippen LogP contribution is 2.31. The quantitative estimate of drug-likeness (QED) is 0.769. The molecule has 1 aliphatic heterocycles. The molecule has 0 radical (unpaired) electrons. The third-order valence-corrected chi connectivity index (χ3v) is 3.23. The summed E-state index contributed by atoms with van der Waals surface area (Å²) in [5, 5.41) is 6.43. The van der Waals surface area contributed by atoms with Crippen LogP contribution in [0, 0.1) is 10.8 Å². The predicted octanol–water partition coefficient (Wildman–Crippen LogP) is 1.93. The van der Waals surface area contributed by atoms with E-state index in [-0.39, 0.29) is 16.7 Å². The molecule has 1 heterocycles. The largest absolute Gasteiger partial charge is 0.355 e. The van der Waals surface area contributed by atoms with Crippen molar-refractivity contribution in [3.63, 3.8) is 0 Å². The molecule has 2 N–H and O–H groups in total. The molecular weight excluding hydrogens is 200 g/mol. The Bertz CT molecular complexity index is 237. The SMILES string of the molecule is CCCC1(C(=O)NCC(C)(C)C)CCNC1. The lowest BCUT2D eigenvalue weighted by atomic mass is 9.81. The molecule has 3 nitrogen and oxygen atoms in total. The van der Waals surface area contributed by atoms with Crippen molar-refractivity contribution < 1.29 is 4.79 Å². The summed E-state index contributed by atoms with van der Waals surface area (Å²) in [6.07, 6.45) is 3.05. The average Bonchev–Trinajstić information content (AvgIpc) is 2.63. The van der Waals surface area contributed by atoms with Gasteiger partial charge >= 0.3 is 0 Å². The molecule has 1 aliphatic rings. The van der Waals surface area contributed by atoms with Crippen LogP contribution in [0.25, 0.3) is 0 Å². The van der Waals surface area contributed by atoms with Gasteiger partial charge in [-0.05, 0) is 24.8 Å². The number of amides is 1. The van der Waals surface area contributed by atoms with Gasteiger partial charge in [-0.1, -0.05) is 34.1 Å². The molecule has 1 fully saturated rings. The second-order valence-electron chi connectivity index (χ2n) is 6.20. The van der Waals surface area contributed by atoms with Crippen LogP contribution in [0.5, 0.6) is 0 Å². The van der Waals surface area contributed by atoms with Crippen LogP contribution in [0.3, 0.4) is 0 Å². The molecule has 1 rings (SSSR count). The van der Waals surface area contributed by atoms with Gasteiger partial charge in [0.15, 0.2) is 0 Å². The summed E-state index contributed by atoms with van der Waals surface area (Å²) in [6.45, 7) is 11.2. The van der Waals surface area contributed by atoms with E-state index in [0.717, 1.165) is 38.9 Å². The molecule has 1 saturated heterocycles. The number of carbonyl (C=O) groups excluding carboxylic acids is 1. The van der Waals surface area contributed by atoms with E-state index in [9.17, 15) is 4.79 Å². The summed E-state index contributed by atoms with van der Waals surface area (Å²) in [5.41, 5.74) is 0.0229. The Kier molecular flexibility index (Phi) is 4.36. The molecule has 0 spiro atoms. The molecule has 0 saturated carbocycles. The van der Waals surface area contributed by atoms with Crippen LogP contribution in [-0.2, 0) is 4.79 Å². The van der Waals surface area contributed by atoms with Crippen molar-refractivity contribution in [3.8, 4) is 0 Å².